The molecule has 1 fully saturated rings. The minimum absolute atomic E-state index is 0.0441. The molecule has 2 N–H and O–H groups in total. The number of carbonyl (C=O) groups is 3. The molecule has 192 valence electrons. The second kappa shape index (κ2) is 12.6. The van der Waals surface area contributed by atoms with Crippen molar-refractivity contribution in [2.24, 2.45) is 5.92 Å². The number of rotatable bonds is 8. The summed E-state index contributed by atoms with van der Waals surface area (Å²) in [7, 11) is 0. The van der Waals surface area contributed by atoms with Crippen LogP contribution in [0.2, 0.25) is 0 Å². The van der Waals surface area contributed by atoms with E-state index >= 15 is 0 Å². The van der Waals surface area contributed by atoms with Crippen LogP contribution in [0.5, 0.6) is 0 Å². The molecule has 8 heteroatoms. The van der Waals surface area contributed by atoms with Crippen molar-refractivity contribution in [1.82, 2.24) is 15.5 Å². The Labute approximate surface area is 209 Å². The minimum atomic E-state index is -0.994. The molecule has 0 aliphatic heterocycles. The van der Waals surface area contributed by atoms with Gasteiger partial charge in [-0.2, -0.15) is 5.26 Å². The van der Waals surface area contributed by atoms with E-state index in [0.717, 1.165) is 37.7 Å². The van der Waals surface area contributed by atoms with Crippen LogP contribution in [0.25, 0.3) is 0 Å². The molecule has 0 aromatic heterocycles. The standard InChI is InChI=1S/C27H40N4O4/c1-18(2)22(30-26(34)35-27(4,5)6)25(33)31(17-16-28)23(21-15-11-10-12-19(21)3)24(32)29-20-13-8-7-9-14-20/h10-12,15,18,20,22-23H,7-9,13-14,17H2,1-6H3,(H,29,32)(H,30,34). The maximum atomic E-state index is 13.8. The van der Waals surface area contributed by atoms with Crippen LogP contribution in [-0.2, 0) is 14.3 Å². The van der Waals surface area contributed by atoms with Crippen molar-refractivity contribution in [3.05, 3.63) is 35.4 Å². The number of aryl methyl sites for hydroxylation is 1. The molecule has 2 unspecified atom stereocenters. The van der Waals surface area contributed by atoms with Gasteiger partial charge in [-0.15, -0.1) is 0 Å². The molecule has 0 heterocycles. The largest absolute Gasteiger partial charge is 0.444 e. The minimum Gasteiger partial charge on any atom is -0.444 e. The lowest BCUT2D eigenvalue weighted by Crippen LogP contribution is -2.55. The average Bonchev–Trinajstić information content (AvgIpc) is 2.77. The molecular weight excluding hydrogens is 444 g/mol. The Kier molecular flexibility index (Phi) is 10.1. The van der Waals surface area contributed by atoms with Gasteiger partial charge in [0.05, 0.1) is 6.07 Å². The Morgan fingerprint density at radius 3 is 2.31 bits per heavy atom. The Bertz CT molecular complexity index is 926. The van der Waals surface area contributed by atoms with Crippen molar-refractivity contribution in [2.45, 2.75) is 97.4 Å². The highest BCUT2D eigenvalue weighted by Gasteiger charge is 2.38. The van der Waals surface area contributed by atoms with Crippen molar-refractivity contribution in [3.63, 3.8) is 0 Å². The van der Waals surface area contributed by atoms with E-state index in [9.17, 15) is 19.6 Å². The highest BCUT2D eigenvalue weighted by atomic mass is 16.6. The molecule has 1 saturated carbocycles. The Morgan fingerprint density at radius 2 is 1.77 bits per heavy atom. The summed E-state index contributed by atoms with van der Waals surface area (Å²) in [5, 5.41) is 15.4. The first-order valence-corrected chi connectivity index (χ1v) is 12.5. The first kappa shape index (κ1) is 28.2. The maximum absolute atomic E-state index is 13.8. The van der Waals surface area contributed by atoms with Crippen LogP contribution in [0, 0.1) is 24.2 Å². The summed E-state index contributed by atoms with van der Waals surface area (Å²) < 4.78 is 5.36. The second-order valence-electron chi connectivity index (χ2n) is 10.6. The van der Waals surface area contributed by atoms with Crippen molar-refractivity contribution in [1.29, 1.82) is 5.26 Å². The smallest absolute Gasteiger partial charge is 0.408 e. The lowest BCUT2D eigenvalue weighted by molar-refractivity contribution is -0.143. The van der Waals surface area contributed by atoms with E-state index in [2.05, 4.69) is 10.6 Å². The van der Waals surface area contributed by atoms with Crippen molar-refractivity contribution in [3.8, 4) is 6.07 Å². The van der Waals surface area contributed by atoms with Crippen molar-refractivity contribution < 1.29 is 19.1 Å². The number of nitriles is 1. The van der Waals surface area contributed by atoms with E-state index < -0.39 is 29.7 Å². The van der Waals surface area contributed by atoms with Crippen molar-refractivity contribution in [2.75, 3.05) is 6.54 Å². The zero-order chi connectivity index (χ0) is 26.2. The molecule has 3 amide bonds. The molecule has 1 aromatic rings. The summed E-state index contributed by atoms with van der Waals surface area (Å²) in [5.41, 5.74) is 0.766. The quantitative estimate of drug-likeness (QED) is 0.532. The third-order valence-corrected chi connectivity index (χ3v) is 6.12. The summed E-state index contributed by atoms with van der Waals surface area (Å²) >= 11 is 0. The Balaban J connectivity index is 2.42. The van der Waals surface area contributed by atoms with Gasteiger partial charge in [0.25, 0.3) is 0 Å². The summed E-state index contributed by atoms with van der Waals surface area (Å²) in [6.45, 7) is 10.4. The number of carbonyl (C=O) groups excluding carboxylic acids is 3. The normalized spacial score (nSPS) is 16.1. The number of ether oxygens (including phenoxy) is 1. The molecule has 8 nitrogen and oxygen atoms in total. The van der Waals surface area contributed by atoms with Gasteiger partial charge in [-0.1, -0.05) is 57.4 Å². The Hall–Kier alpha value is -3.08. The Morgan fingerprint density at radius 1 is 1.14 bits per heavy atom. The fraction of sp³-hybridized carbons (Fsp3) is 0.630. The van der Waals surface area contributed by atoms with E-state index in [0.29, 0.717) is 5.56 Å². The SMILES string of the molecule is Cc1ccccc1C(C(=O)NC1CCCCC1)N(CC#N)C(=O)C(NC(=O)OC(C)(C)C)C(C)C. The number of nitrogens with one attached hydrogen (secondary N) is 2. The topological polar surface area (TPSA) is 112 Å². The zero-order valence-electron chi connectivity index (χ0n) is 21.9. The fourth-order valence-electron chi connectivity index (χ4n) is 4.37. The van der Waals surface area contributed by atoms with Gasteiger partial charge in [0.2, 0.25) is 11.8 Å². The molecule has 1 aromatic carbocycles. The number of hydrogen-bond acceptors (Lipinski definition) is 5. The molecule has 35 heavy (non-hydrogen) atoms. The number of hydrogen-bond donors (Lipinski definition) is 2. The monoisotopic (exact) mass is 484 g/mol. The number of amides is 3. The van der Waals surface area contributed by atoms with Gasteiger partial charge in [0, 0.05) is 6.04 Å². The van der Waals surface area contributed by atoms with Crippen LogP contribution in [0.3, 0.4) is 0 Å². The van der Waals surface area contributed by atoms with Gasteiger partial charge in [0.15, 0.2) is 0 Å². The van der Waals surface area contributed by atoms with Crippen molar-refractivity contribution >= 4 is 17.9 Å². The van der Waals surface area contributed by atoms with Gasteiger partial charge >= 0.3 is 6.09 Å². The number of nitrogens with zero attached hydrogens (tertiary/aromatic N) is 2. The third-order valence-electron chi connectivity index (χ3n) is 6.12. The predicted octanol–water partition coefficient (Wildman–Crippen LogP) is 4.39. The zero-order valence-corrected chi connectivity index (χ0v) is 21.9. The highest BCUT2D eigenvalue weighted by Crippen LogP contribution is 2.27. The molecule has 0 bridgehead atoms. The molecule has 1 aliphatic rings. The summed E-state index contributed by atoms with van der Waals surface area (Å²) in [6, 6.07) is 7.50. The molecule has 2 atom stereocenters. The van der Waals surface area contributed by atoms with E-state index in [1.54, 1.807) is 34.6 Å². The summed E-state index contributed by atoms with van der Waals surface area (Å²) in [5.74, 6) is -1.11. The van der Waals surface area contributed by atoms with E-state index in [1.165, 1.54) is 4.90 Å². The van der Waals surface area contributed by atoms with Gasteiger partial charge in [-0.05, 0) is 57.6 Å². The third kappa shape index (κ3) is 8.27. The molecule has 0 spiro atoms. The summed E-state index contributed by atoms with van der Waals surface area (Å²) in [4.78, 5) is 41.3. The van der Waals surface area contributed by atoms with Crippen LogP contribution < -0.4 is 10.6 Å². The fourth-order valence-corrected chi connectivity index (χ4v) is 4.37. The number of benzene rings is 1. The highest BCUT2D eigenvalue weighted by molar-refractivity contribution is 5.92. The van der Waals surface area contributed by atoms with E-state index in [4.69, 9.17) is 4.74 Å². The maximum Gasteiger partial charge on any atom is 0.408 e. The molecule has 2 rings (SSSR count). The average molecular weight is 485 g/mol. The van der Waals surface area contributed by atoms with E-state index in [1.807, 2.05) is 37.3 Å². The first-order valence-electron chi connectivity index (χ1n) is 12.5. The molecular formula is C27H40N4O4. The van der Waals surface area contributed by atoms with Crippen LogP contribution in [0.4, 0.5) is 4.79 Å². The van der Waals surface area contributed by atoms with Gasteiger partial charge in [0.1, 0.15) is 24.2 Å². The number of alkyl carbamates (subject to hydrolysis) is 1. The molecule has 0 saturated heterocycles. The lowest BCUT2D eigenvalue weighted by atomic mass is 9.93. The van der Waals surface area contributed by atoms with Crippen LogP contribution in [0.15, 0.2) is 24.3 Å². The predicted molar refractivity (Wildman–Crippen MR) is 134 cm³/mol. The van der Waals surface area contributed by atoms with Crippen LogP contribution in [0.1, 0.15) is 83.9 Å². The van der Waals surface area contributed by atoms with Gasteiger partial charge in [-0.3, -0.25) is 9.59 Å². The second-order valence-corrected chi connectivity index (χ2v) is 10.6. The van der Waals surface area contributed by atoms with Crippen LogP contribution in [-0.4, -0.2) is 47.0 Å². The summed E-state index contributed by atoms with van der Waals surface area (Å²) in [6.07, 6.45) is 4.33. The van der Waals surface area contributed by atoms with E-state index in [-0.39, 0.29) is 24.4 Å². The van der Waals surface area contributed by atoms with Gasteiger partial charge in [-0.25, -0.2) is 4.79 Å². The molecule has 0 radical (unpaired) electrons. The first-order chi connectivity index (χ1) is 16.4. The molecule has 1 aliphatic carbocycles. The lowest BCUT2D eigenvalue weighted by Gasteiger charge is -2.35. The van der Waals surface area contributed by atoms with Crippen LogP contribution >= 0.6 is 0 Å². The van der Waals surface area contributed by atoms with Gasteiger partial charge < -0.3 is 20.3 Å².